The number of ether oxygens (including phenoxy) is 2. The minimum atomic E-state index is -1.05. The van der Waals surface area contributed by atoms with E-state index in [-0.39, 0.29) is 6.61 Å². The average molecular weight is 367 g/mol. The molecule has 1 unspecified atom stereocenters. The van der Waals surface area contributed by atoms with E-state index in [1.807, 2.05) is 6.92 Å². The van der Waals surface area contributed by atoms with Gasteiger partial charge in [-0.05, 0) is 18.9 Å². The lowest BCUT2D eigenvalue weighted by Gasteiger charge is -2.13. The predicted octanol–water partition coefficient (Wildman–Crippen LogP) is 2.14. The summed E-state index contributed by atoms with van der Waals surface area (Å²) in [6.45, 7) is 3.86. The van der Waals surface area contributed by atoms with Crippen molar-refractivity contribution in [1.82, 2.24) is 15.3 Å². The standard InChI is InChI=1S/C16H21N3O5S/c1-5-6-9(16(21)22)17-13(20)12-8(2)11-14(24-4)18-10(7-23-3)19-15(11)25-12/h9H,5-7H2,1-4H3,(H,17,20)(H,21,22). The maximum Gasteiger partial charge on any atom is 0.326 e. The third-order valence-electron chi connectivity index (χ3n) is 3.66. The van der Waals surface area contributed by atoms with Crippen LogP contribution in [0.15, 0.2) is 0 Å². The Morgan fingerprint density at radius 2 is 2.04 bits per heavy atom. The second kappa shape index (κ2) is 8.21. The number of fused-ring (bicyclic) bond motifs is 1. The van der Waals surface area contributed by atoms with Gasteiger partial charge >= 0.3 is 5.97 Å². The van der Waals surface area contributed by atoms with E-state index < -0.39 is 17.9 Å². The van der Waals surface area contributed by atoms with Gasteiger partial charge in [-0.1, -0.05) is 13.3 Å². The molecule has 1 atom stereocenters. The Balaban J connectivity index is 2.43. The molecule has 2 N–H and O–H groups in total. The van der Waals surface area contributed by atoms with Crippen LogP contribution in [-0.2, 0) is 16.1 Å². The minimum Gasteiger partial charge on any atom is -0.480 e. The molecule has 2 aromatic heterocycles. The number of aliphatic carboxylic acids is 1. The van der Waals surface area contributed by atoms with Crippen LogP contribution in [0.4, 0.5) is 0 Å². The maximum atomic E-state index is 12.6. The number of carbonyl (C=O) groups excluding carboxylic acids is 1. The Morgan fingerprint density at radius 1 is 1.32 bits per heavy atom. The molecule has 0 fully saturated rings. The van der Waals surface area contributed by atoms with Crippen molar-refractivity contribution in [2.45, 2.75) is 39.3 Å². The largest absolute Gasteiger partial charge is 0.480 e. The number of carbonyl (C=O) groups is 2. The lowest BCUT2D eigenvalue weighted by Crippen LogP contribution is -2.40. The molecule has 8 nitrogen and oxygen atoms in total. The van der Waals surface area contributed by atoms with Crippen molar-refractivity contribution < 1.29 is 24.2 Å². The van der Waals surface area contributed by atoms with Crippen LogP contribution in [0.5, 0.6) is 5.88 Å². The van der Waals surface area contributed by atoms with Gasteiger partial charge in [0, 0.05) is 7.11 Å². The number of nitrogens with zero attached hydrogens (tertiary/aromatic N) is 2. The van der Waals surface area contributed by atoms with E-state index in [4.69, 9.17) is 9.47 Å². The van der Waals surface area contributed by atoms with E-state index in [2.05, 4.69) is 15.3 Å². The lowest BCUT2D eigenvalue weighted by atomic mass is 10.1. The smallest absolute Gasteiger partial charge is 0.326 e. The van der Waals surface area contributed by atoms with E-state index in [1.165, 1.54) is 18.4 Å². The van der Waals surface area contributed by atoms with Crippen molar-refractivity contribution in [2.24, 2.45) is 0 Å². The highest BCUT2D eigenvalue weighted by molar-refractivity contribution is 7.20. The number of aromatic nitrogens is 2. The summed E-state index contributed by atoms with van der Waals surface area (Å²) >= 11 is 1.18. The highest BCUT2D eigenvalue weighted by Crippen LogP contribution is 2.35. The van der Waals surface area contributed by atoms with E-state index in [9.17, 15) is 14.7 Å². The summed E-state index contributed by atoms with van der Waals surface area (Å²) in [4.78, 5) is 33.5. The minimum absolute atomic E-state index is 0.225. The normalized spacial score (nSPS) is 12.2. The number of amides is 1. The first-order chi connectivity index (χ1) is 11.9. The van der Waals surface area contributed by atoms with E-state index in [0.29, 0.717) is 45.2 Å². The molecule has 0 aliphatic rings. The van der Waals surface area contributed by atoms with Crippen LogP contribution in [0.2, 0.25) is 0 Å². The fourth-order valence-electron chi connectivity index (χ4n) is 2.47. The summed E-state index contributed by atoms with van der Waals surface area (Å²) in [7, 11) is 3.04. The van der Waals surface area contributed by atoms with Gasteiger partial charge in [0.1, 0.15) is 17.5 Å². The zero-order chi connectivity index (χ0) is 18.6. The van der Waals surface area contributed by atoms with Gasteiger partial charge < -0.3 is 19.9 Å². The SMILES string of the molecule is CCCC(NC(=O)c1sc2nc(COC)nc(OC)c2c1C)C(=O)O. The molecule has 0 spiro atoms. The number of carboxylic acids is 1. The molecular weight excluding hydrogens is 346 g/mol. The third-order valence-corrected chi connectivity index (χ3v) is 4.84. The Morgan fingerprint density at radius 3 is 2.60 bits per heavy atom. The van der Waals surface area contributed by atoms with Gasteiger partial charge in [-0.3, -0.25) is 4.79 Å². The second-order valence-corrected chi connectivity index (χ2v) is 6.47. The second-order valence-electron chi connectivity index (χ2n) is 5.47. The summed E-state index contributed by atoms with van der Waals surface area (Å²) in [5.41, 5.74) is 0.666. The maximum absolute atomic E-state index is 12.6. The van der Waals surface area contributed by atoms with Crippen LogP contribution in [0, 0.1) is 6.92 Å². The van der Waals surface area contributed by atoms with Crippen molar-refractivity contribution in [3.05, 3.63) is 16.3 Å². The molecule has 0 aromatic carbocycles. The molecule has 9 heteroatoms. The predicted molar refractivity (Wildman–Crippen MR) is 93.2 cm³/mol. The number of carboxylic acid groups (broad SMARTS) is 1. The van der Waals surface area contributed by atoms with Crippen LogP contribution in [0.3, 0.4) is 0 Å². The van der Waals surface area contributed by atoms with Gasteiger partial charge in [0.05, 0.1) is 17.4 Å². The molecular formula is C16H21N3O5S. The summed E-state index contributed by atoms with van der Waals surface area (Å²) < 4.78 is 10.4. The van der Waals surface area contributed by atoms with Gasteiger partial charge in [-0.2, -0.15) is 4.98 Å². The van der Waals surface area contributed by atoms with Crippen molar-refractivity contribution in [2.75, 3.05) is 14.2 Å². The van der Waals surface area contributed by atoms with Gasteiger partial charge in [0.25, 0.3) is 5.91 Å². The van der Waals surface area contributed by atoms with Gasteiger partial charge in [-0.15, -0.1) is 11.3 Å². The van der Waals surface area contributed by atoms with Gasteiger partial charge in [0.15, 0.2) is 5.82 Å². The molecule has 0 bridgehead atoms. The van der Waals surface area contributed by atoms with Crippen molar-refractivity contribution >= 4 is 33.4 Å². The Kier molecular flexibility index (Phi) is 6.27. The van der Waals surface area contributed by atoms with Gasteiger partial charge in [-0.25, -0.2) is 9.78 Å². The molecule has 0 saturated carbocycles. The summed E-state index contributed by atoms with van der Waals surface area (Å²) in [5, 5.41) is 12.4. The monoisotopic (exact) mass is 367 g/mol. The van der Waals surface area contributed by atoms with Crippen molar-refractivity contribution in [3.63, 3.8) is 0 Å². The molecule has 2 aromatic rings. The van der Waals surface area contributed by atoms with E-state index in [0.717, 1.165) is 0 Å². The van der Waals surface area contributed by atoms with Crippen LogP contribution in [0.25, 0.3) is 10.2 Å². The van der Waals surface area contributed by atoms with Crippen molar-refractivity contribution in [1.29, 1.82) is 0 Å². The lowest BCUT2D eigenvalue weighted by molar-refractivity contribution is -0.139. The van der Waals surface area contributed by atoms with Crippen LogP contribution in [-0.4, -0.2) is 47.2 Å². The summed E-state index contributed by atoms with van der Waals surface area (Å²) in [5.74, 6) is -0.659. The fraction of sp³-hybridized carbons (Fsp3) is 0.500. The molecule has 2 rings (SSSR count). The highest BCUT2D eigenvalue weighted by atomic mass is 32.1. The Labute approximate surface area is 149 Å². The molecule has 0 saturated heterocycles. The number of rotatable bonds is 8. The molecule has 0 aliphatic carbocycles. The number of thiophene rings is 1. The number of methoxy groups -OCH3 is 2. The fourth-order valence-corrected chi connectivity index (χ4v) is 3.57. The number of aryl methyl sites for hydroxylation is 1. The molecule has 0 aliphatic heterocycles. The van der Waals surface area contributed by atoms with E-state index in [1.54, 1.807) is 14.0 Å². The quantitative estimate of drug-likeness (QED) is 0.735. The molecule has 25 heavy (non-hydrogen) atoms. The molecule has 136 valence electrons. The summed E-state index contributed by atoms with van der Waals surface area (Å²) in [6.07, 6.45) is 1.02. The van der Waals surface area contributed by atoms with Gasteiger partial charge in [0.2, 0.25) is 5.88 Å². The Hall–Kier alpha value is -2.26. The van der Waals surface area contributed by atoms with Crippen LogP contribution in [0.1, 0.15) is 40.8 Å². The molecule has 0 radical (unpaired) electrons. The summed E-state index contributed by atoms with van der Waals surface area (Å²) in [6, 6.07) is -0.917. The first-order valence-corrected chi connectivity index (χ1v) is 8.61. The number of hydrogen-bond acceptors (Lipinski definition) is 7. The van der Waals surface area contributed by atoms with E-state index >= 15 is 0 Å². The average Bonchev–Trinajstić information content (AvgIpc) is 2.91. The first kappa shape index (κ1) is 19.1. The zero-order valence-corrected chi connectivity index (χ0v) is 15.4. The first-order valence-electron chi connectivity index (χ1n) is 7.79. The third kappa shape index (κ3) is 4.05. The molecule has 1 amide bonds. The zero-order valence-electron chi connectivity index (χ0n) is 14.6. The number of nitrogens with one attached hydrogen (secondary N) is 1. The van der Waals surface area contributed by atoms with Crippen LogP contribution < -0.4 is 10.1 Å². The molecule has 2 heterocycles. The topological polar surface area (TPSA) is 111 Å². The highest BCUT2D eigenvalue weighted by Gasteiger charge is 2.25. The number of hydrogen-bond donors (Lipinski definition) is 2. The Bertz CT molecular complexity index is 790. The van der Waals surface area contributed by atoms with Crippen LogP contribution >= 0.6 is 11.3 Å². The van der Waals surface area contributed by atoms with Crippen molar-refractivity contribution in [3.8, 4) is 5.88 Å².